The Hall–Kier alpha value is -3.19. The normalized spacial score (nSPS) is 14.9. The molecular weight excluding hydrogens is 354 g/mol. The molecule has 0 aliphatic carbocycles. The molecule has 1 aromatic heterocycles. The highest BCUT2D eigenvalue weighted by Gasteiger charge is 2.18. The summed E-state index contributed by atoms with van der Waals surface area (Å²) in [5, 5.41) is 6.85. The Bertz CT molecular complexity index is 959. The van der Waals surface area contributed by atoms with Crippen LogP contribution >= 0.6 is 0 Å². The lowest BCUT2D eigenvalue weighted by molar-refractivity contribution is 0.102. The molecule has 1 aliphatic heterocycles. The fraction of sp³-hybridized carbons (Fsp3) is 0.286. The summed E-state index contributed by atoms with van der Waals surface area (Å²) >= 11 is 0. The van der Waals surface area contributed by atoms with E-state index in [0.29, 0.717) is 17.3 Å². The van der Waals surface area contributed by atoms with Crippen molar-refractivity contribution >= 4 is 17.3 Å². The number of aryl methyl sites for hydroxylation is 1. The first-order chi connectivity index (χ1) is 13.6. The Morgan fingerprint density at radius 3 is 2.43 bits per heavy atom. The third kappa shape index (κ3) is 3.89. The van der Waals surface area contributed by atoms with Crippen molar-refractivity contribution in [3.63, 3.8) is 0 Å². The Labute approximate surface area is 164 Å². The van der Waals surface area contributed by atoms with Crippen LogP contribution in [-0.4, -0.2) is 54.2 Å². The highest BCUT2D eigenvalue weighted by atomic mass is 16.5. The Morgan fingerprint density at radius 1 is 1.04 bits per heavy atom. The van der Waals surface area contributed by atoms with Gasteiger partial charge in [0.15, 0.2) is 5.82 Å². The molecule has 3 aromatic rings. The Balaban J connectivity index is 1.49. The number of hydrogen-bond acceptors (Lipinski definition) is 6. The van der Waals surface area contributed by atoms with Crippen molar-refractivity contribution in [2.45, 2.75) is 6.92 Å². The molecule has 1 amide bonds. The summed E-state index contributed by atoms with van der Waals surface area (Å²) < 4.78 is 5.17. The highest BCUT2D eigenvalue weighted by molar-refractivity contribution is 6.06. The molecule has 144 valence electrons. The van der Waals surface area contributed by atoms with E-state index in [1.165, 1.54) is 0 Å². The summed E-state index contributed by atoms with van der Waals surface area (Å²) in [6.45, 7) is 5.69. The number of para-hydroxylation sites is 2. The van der Waals surface area contributed by atoms with Crippen molar-refractivity contribution in [2.75, 3.05) is 43.4 Å². The molecule has 4 rings (SSSR count). The van der Waals surface area contributed by atoms with Gasteiger partial charge < -0.3 is 19.6 Å². The van der Waals surface area contributed by atoms with Gasteiger partial charge in [0.05, 0.1) is 11.4 Å². The number of rotatable bonds is 4. The van der Waals surface area contributed by atoms with Crippen LogP contribution in [0.15, 0.2) is 53.1 Å². The zero-order valence-corrected chi connectivity index (χ0v) is 16.1. The molecule has 1 saturated heterocycles. The van der Waals surface area contributed by atoms with Gasteiger partial charge in [0.1, 0.15) is 0 Å². The van der Waals surface area contributed by atoms with Crippen molar-refractivity contribution in [3.8, 4) is 11.5 Å². The standard InChI is InChI=1S/C21H23N5O2/c1-15-22-21(28-24-15)17-9-7-16(8-10-17)20(27)23-18-5-3-4-6-19(18)26-13-11-25(2)12-14-26/h3-10H,11-14H2,1-2H3,(H,23,27). The number of carbonyl (C=O) groups excluding carboxylic acids is 1. The molecule has 2 aromatic carbocycles. The van der Waals surface area contributed by atoms with Gasteiger partial charge in [-0.25, -0.2) is 0 Å². The molecule has 1 aliphatic rings. The third-order valence-corrected chi connectivity index (χ3v) is 4.92. The molecule has 0 atom stereocenters. The van der Waals surface area contributed by atoms with Gasteiger partial charge in [0.2, 0.25) is 0 Å². The van der Waals surface area contributed by atoms with Gasteiger partial charge in [-0.2, -0.15) is 4.98 Å². The van der Waals surface area contributed by atoms with Crippen LogP contribution in [0.25, 0.3) is 11.5 Å². The number of nitrogens with one attached hydrogen (secondary N) is 1. The van der Waals surface area contributed by atoms with Crippen molar-refractivity contribution < 1.29 is 9.32 Å². The highest BCUT2D eigenvalue weighted by Crippen LogP contribution is 2.27. The lowest BCUT2D eigenvalue weighted by Gasteiger charge is -2.35. The van der Waals surface area contributed by atoms with E-state index >= 15 is 0 Å². The number of aromatic nitrogens is 2. The maximum Gasteiger partial charge on any atom is 0.257 e. The maximum atomic E-state index is 12.8. The van der Waals surface area contributed by atoms with Crippen LogP contribution in [0.2, 0.25) is 0 Å². The third-order valence-electron chi connectivity index (χ3n) is 4.92. The van der Waals surface area contributed by atoms with E-state index in [1.54, 1.807) is 19.1 Å². The quantitative estimate of drug-likeness (QED) is 0.753. The van der Waals surface area contributed by atoms with Crippen LogP contribution in [0.3, 0.4) is 0 Å². The first-order valence-corrected chi connectivity index (χ1v) is 9.35. The minimum absolute atomic E-state index is 0.144. The fourth-order valence-electron chi connectivity index (χ4n) is 3.28. The largest absolute Gasteiger partial charge is 0.367 e. The van der Waals surface area contributed by atoms with Crippen LogP contribution in [-0.2, 0) is 0 Å². The summed E-state index contributed by atoms with van der Waals surface area (Å²) in [4.78, 5) is 21.6. The predicted octanol–water partition coefficient (Wildman–Crippen LogP) is 3.05. The molecule has 28 heavy (non-hydrogen) atoms. The number of anilines is 2. The van der Waals surface area contributed by atoms with E-state index in [-0.39, 0.29) is 5.91 Å². The number of benzene rings is 2. The Kier molecular flexibility index (Phi) is 5.08. The lowest BCUT2D eigenvalue weighted by atomic mass is 10.1. The van der Waals surface area contributed by atoms with Gasteiger partial charge in [0, 0.05) is 37.3 Å². The van der Waals surface area contributed by atoms with E-state index in [4.69, 9.17) is 4.52 Å². The summed E-state index contributed by atoms with van der Waals surface area (Å²) in [7, 11) is 2.13. The topological polar surface area (TPSA) is 74.5 Å². The van der Waals surface area contributed by atoms with Gasteiger partial charge >= 0.3 is 0 Å². The summed E-state index contributed by atoms with van der Waals surface area (Å²) in [6.07, 6.45) is 0. The smallest absolute Gasteiger partial charge is 0.257 e. The molecule has 0 unspecified atom stereocenters. The van der Waals surface area contributed by atoms with E-state index < -0.39 is 0 Å². The van der Waals surface area contributed by atoms with Crippen LogP contribution in [0.5, 0.6) is 0 Å². The van der Waals surface area contributed by atoms with E-state index in [1.807, 2.05) is 30.3 Å². The van der Waals surface area contributed by atoms with Gasteiger partial charge in [-0.1, -0.05) is 17.3 Å². The number of nitrogens with zero attached hydrogens (tertiary/aromatic N) is 4. The maximum absolute atomic E-state index is 12.8. The minimum Gasteiger partial charge on any atom is -0.367 e. The van der Waals surface area contributed by atoms with Gasteiger partial charge in [-0.15, -0.1) is 0 Å². The minimum atomic E-state index is -0.144. The predicted molar refractivity (Wildman–Crippen MR) is 109 cm³/mol. The zero-order chi connectivity index (χ0) is 19.5. The van der Waals surface area contributed by atoms with Crippen LogP contribution in [0, 0.1) is 6.92 Å². The first kappa shape index (κ1) is 18.2. The average molecular weight is 377 g/mol. The summed E-state index contributed by atoms with van der Waals surface area (Å²) in [6, 6.07) is 15.1. The van der Waals surface area contributed by atoms with Crippen LogP contribution in [0.1, 0.15) is 16.2 Å². The first-order valence-electron chi connectivity index (χ1n) is 9.35. The Morgan fingerprint density at radius 2 is 1.75 bits per heavy atom. The van der Waals surface area contributed by atoms with Crippen molar-refractivity contribution in [1.82, 2.24) is 15.0 Å². The lowest BCUT2D eigenvalue weighted by Crippen LogP contribution is -2.44. The van der Waals surface area contributed by atoms with Crippen molar-refractivity contribution in [1.29, 1.82) is 0 Å². The molecule has 7 nitrogen and oxygen atoms in total. The van der Waals surface area contributed by atoms with E-state index in [9.17, 15) is 4.79 Å². The summed E-state index contributed by atoms with van der Waals surface area (Å²) in [5.41, 5.74) is 3.25. The molecule has 0 bridgehead atoms. The fourth-order valence-corrected chi connectivity index (χ4v) is 3.28. The van der Waals surface area contributed by atoms with Gasteiger partial charge in [-0.05, 0) is 50.4 Å². The molecule has 0 spiro atoms. The second-order valence-electron chi connectivity index (χ2n) is 6.99. The number of likely N-dealkylation sites (N-methyl/N-ethyl adjacent to an activating group) is 1. The number of amides is 1. The average Bonchev–Trinajstić information content (AvgIpc) is 3.16. The molecule has 1 N–H and O–H groups in total. The second-order valence-corrected chi connectivity index (χ2v) is 6.99. The van der Waals surface area contributed by atoms with Gasteiger partial charge in [0.25, 0.3) is 11.8 Å². The molecule has 7 heteroatoms. The van der Waals surface area contributed by atoms with Gasteiger partial charge in [-0.3, -0.25) is 4.79 Å². The molecule has 0 saturated carbocycles. The number of carbonyl (C=O) groups is 1. The molecule has 1 fully saturated rings. The molecular formula is C21H23N5O2. The molecule has 2 heterocycles. The number of hydrogen-bond donors (Lipinski definition) is 1. The van der Waals surface area contributed by atoms with Crippen molar-refractivity contribution in [3.05, 3.63) is 59.9 Å². The second kappa shape index (κ2) is 7.82. The van der Waals surface area contributed by atoms with Crippen molar-refractivity contribution in [2.24, 2.45) is 0 Å². The zero-order valence-electron chi connectivity index (χ0n) is 16.1. The SMILES string of the molecule is Cc1noc(-c2ccc(C(=O)Nc3ccccc3N3CCN(C)CC3)cc2)n1. The molecule has 0 radical (unpaired) electrons. The number of piperazine rings is 1. The van der Waals surface area contributed by atoms with E-state index in [2.05, 4.69) is 38.4 Å². The monoisotopic (exact) mass is 377 g/mol. The summed E-state index contributed by atoms with van der Waals surface area (Å²) in [5.74, 6) is 0.886. The van der Waals surface area contributed by atoms with Crippen LogP contribution < -0.4 is 10.2 Å². The van der Waals surface area contributed by atoms with E-state index in [0.717, 1.165) is 43.1 Å². The van der Waals surface area contributed by atoms with Crippen LogP contribution in [0.4, 0.5) is 11.4 Å².